The number of nitrogens with one attached hydrogen (secondary N) is 2. The van der Waals surface area contributed by atoms with Gasteiger partial charge in [0.05, 0.1) is 5.69 Å². The standard InChI is InChI=1S/C13H11N3O2/c14-8-3-4-11-10(6-8)16-13(17)12(18-11)7-9-2-1-5-15-9/h1-7,15H,14H2,(H,16,17)/b12-7-. The minimum Gasteiger partial charge on any atom is -0.449 e. The van der Waals surface area contributed by atoms with Gasteiger partial charge in [0.1, 0.15) is 0 Å². The molecule has 2 heterocycles. The van der Waals surface area contributed by atoms with Crippen molar-refractivity contribution in [3.8, 4) is 5.75 Å². The summed E-state index contributed by atoms with van der Waals surface area (Å²) >= 11 is 0. The third-order valence-corrected chi connectivity index (χ3v) is 2.60. The maximum absolute atomic E-state index is 11.8. The Balaban J connectivity index is 1.97. The van der Waals surface area contributed by atoms with Crippen LogP contribution in [0.25, 0.3) is 6.08 Å². The van der Waals surface area contributed by atoms with Crippen molar-refractivity contribution in [1.82, 2.24) is 4.98 Å². The molecule has 4 N–H and O–H groups in total. The van der Waals surface area contributed by atoms with E-state index < -0.39 is 0 Å². The molecule has 5 nitrogen and oxygen atoms in total. The van der Waals surface area contributed by atoms with Gasteiger partial charge in [0.25, 0.3) is 5.91 Å². The van der Waals surface area contributed by atoms with Crippen molar-refractivity contribution in [3.63, 3.8) is 0 Å². The van der Waals surface area contributed by atoms with E-state index in [1.165, 1.54) is 0 Å². The van der Waals surface area contributed by atoms with Gasteiger partial charge < -0.3 is 20.8 Å². The van der Waals surface area contributed by atoms with Crippen molar-refractivity contribution in [3.05, 3.63) is 48.0 Å². The molecule has 1 aromatic carbocycles. The smallest absolute Gasteiger partial charge is 0.291 e. The fraction of sp³-hybridized carbons (Fsp3) is 0. The Labute approximate surface area is 103 Å². The van der Waals surface area contributed by atoms with Gasteiger partial charge in [0.2, 0.25) is 0 Å². The molecular formula is C13H11N3O2. The zero-order valence-electron chi connectivity index (χ0n) is 9.44. The normalized spacial score (nSPS) is 16.0. The molecule has 18 heavy (non-hydrogen) atoms. The monoisotopic (exact) mass is 241 g/mol. The first-order chi connectivity index (χ1) is 8.72. The van der Waals surface area contributed by atoms with Crippen LogP contribution < -0.4 is 15.8 Å². The van der Waals surface area contributed by atoms with E-state index in [9.17, 15) is 4.79 Å². The van der Waals surface area contributed by atoms with E-state index in [1.54, 1.807) is 30.5 Å². The first-order valence-corrected chi connectivity index (χ1v) is 5.46. The molecule has 2 aromatic rings. The summed E-state index contributed by atoms with van der Waals surface area (Å²) in [5, 5.41) is 2.74. The number of anilines is 2. The maximum Gasteiger partial charge on any atom is 0.291 e. The molecule has 0 fully saturated rings. The van der Waals surface area contributed by atoms with Crippen LogP contribution in [-0.4, -0.2) is 10.9 Å². The molecule has 0 radical (unpaired) electrons. The minimum absolute atomic E-state index is 0.245. The number of benzene rings is 1. The Bertz CT molecular complexity index is 630. The van der Waals surface area contributed by atoms with Crippen molar-refractivity contribution in [2.24, 2.45) is 0 Å². The molecule has 3 rings (SSSR count). The second-order valence-corrected chi connectivity index (χ2v) is 3.95. The quantitative estimate of drug-likeness (QED) is 0.527. The van der Waals surface area contributed by atoms with Crippen LogP contribution in [0.5, 0.6) is 5.75 Å². The Morgan fingerprint density at radius 1 is 1.28 bits per heavy atom. The summed E-state index contributed by atoms with van der Waals surface area (Å²) in [6.45, 7) is 0. The molecule has 0 bridgehead atoms. The molecule has 0 saturated heterocycles. The number of amides is 1. The molecule has 1 aliphatic rings. The Morgan fingerprint density at radius 3 is 2.94 bits per heavy atom. The predicted molar refractivity (Wildman–Crippen MR) is 68.9 cm³/mol. The molecule has 0 unspecified atom stereocenters. The number of fused-ring (bicyclic) bond motifs is 1. The molecule has 1 amide bonds. The highest BCUT2D eigenvalue weighted by atomic mass is 16.5. The van der Waals surface area contributed by atoms with Crippen LogP contribution in [0.1, 0.15) is 5.69 Å². The number of carbonyl (C=O) groups excluding carboxylic acids is 1. The average Bonchev–Trinajstić information content (AvgIpc) is 2.83. The van der Waals surface area contributed by atoms with Crippen molar-refractivity contribution in [2.75, 3.05) is 11.1 Å². The van der Waals surface area contributed by atoms with Gasteiger partial charge in [-0.25, -0.2) is 0 Å². The highest BCUT2D eigenvalue weighted by Gasteiger charge is 2.21. The highest BCUT2D eigenvalue weighted by molar-refractivity contribution is 6.08. The third kappa shape index (κ3) is 1.82. The van der Waals surface area contributed by atoms with Crippen LogP contribution in [0.3, 0.4) is 0 Å². The van der Waals surface area contributed by atoms with Gasteiger partial charge in [0, 0.05) is 23.7 Å². The minimum atomic E-state index is -0.289. The summed E-state index contributed by atoms with van der Waals surface area (Å²) in [5.74, 6) is 0.541. The number of ether oxygens (including phenoxy) is 1. The lowest BCUT2D eigenvalue weighted by molar-refractivity contribution is -0.115. The molecule has 1 aliphatic heterocycles. The first-order valence-electron chi connectivity index (χ1n) is 5.46. The summed E-state index contributed by atoms with van der Waals surface area (Å²) in [5.41, 5.74) is 7.61. The number of aromatic amines is 1. The lowest BCUT2D eigenvalue weighted by Crippen LogP contribution is -2.23. The van der Waals surface area contributed by atoms with Gasteiger partial charge in [-0.1, -0.05) is 0 Å². The van der Waals surface area contributed by atoms with Gasteiger partial charge >= 0.3 is 0 Å². The fourth-order valence-corrected chi connectivity index (χ4v) is 1.75. The molecule has 1 aromatic heterocycles. The van der Waals surface area contributed by atoms with E-state index >= 15 is 0 Å². The summed E-state index contributed by atoms with van der Waals surface area (Å²) < 4.78 is 5.55. The Kier molecular flexibility index (Phi) is 2.30. The number of nitrogen functional groups attached to an aromatic ring is 1. The van der Waals surface area contributed by atoms with Crippen LogP contribution >= 0.6 is 0 Å². The average molecular weight is 241 g/mol. The molecular weight excluding hydrogens is 230 g/mol. The number of hydrogen-bond donors (Lipinski definition) is 3. The number of nitrogens with two attached hydrogens (primary N) is 1. The van der Waals surface area contributed by atoms with Crippen molar-refractivity contribution in [1.29, 1.82) is 0 Å². The zero-order valence-corrected chi connectivity index (χ0v) is 9.44. The Hall–Kier alpha value is -2.69. The van der Waals surface area contributed by atoms with Gasteiger partial charge in [-0.3, -0.25) is 4.79 Å². The molecule has 5 heteroatoms. The second-order valence-electron chi connectivity index (χ2n) is 3.95. The van der Waals surface area contributed by atoms with Crippen molar-refractivity contribution < 1.29 is 9.53 Å². The number of rotatable bonds is 1. The van der Waals surface area contributed by atoms with Crippen molar-refractivity contribution in [2.45, 2.75) is 0 Å². The molecule has 0 spiro atoms. The van der Waals surface area contributed by atoms with Gasteiger partial charge in [-0.2, -0.15) is 0 Å². The Morgan fingerprint density at radius 2 is 2.17 bits per heavy atom. The van der Waals surface area contributed by atoms with E-state index in [1.807, 2.05) is 12.1 Å². The van der Waals surface area contributed by atoms with E-state index in [0.717, 1.165) is 5.69 Å². The van der Waals surface area contributed by atoms with Crippen LogP contribution in [-0.2, 0) is 4.79 Å². The second kappa shape index (κ2) is 3.96. The molecule has 0 atom stereocenters. The van der Waals surface area contributed by atoms with E-state index in [2.05, 4.69) is 10.3 Å². The molecule has 0 saturated carbocycles. The van der Waals surface area contributed by atoms with Crippen LogP contribution in [0.4, 0.5) is 11.4 Å². The number of hydrogen-bond acceptors (Lipinski definition) is 3. The molecule has 0 aliphatic carbocycles. The predicted octanol–water partition coefficient (Wildman–Crippen LogP) is 1.97. The zero-order chi connectivity index (χ0) is 12.5. The van der Waals surface area contributed by atoms with Crippen LogP contribution in [0.15, 0.2) is 42.3 Å². The van der Waals surface area contributed by atoms with E-state index in [-0.39, 0.29) is 11.7 Å². The van der Waals surface area contributed by atoms with Gasteiger partial charge in [-0.15, -0.1) is 0 Å². The van der Waals surface area contributed by atoms with Crippen LogP contribution in [0.2, 0.25) is 0 Å². The number of H-pyrrole nitrogens is 1. The summed E-state index contributed by atoms with van der Waals surface area (Å²) in [7, 11) is 0. The first kappa shape index (κ1) is 10.5. The van der Waals surface area contributed by atoms with Gasteiger partial charge in [-0.05, 0) is 30.3 Å². The summed E-state index contributed by atoms with van der Waals surface area (Å²) in [4.78, 5) is 14.8. The topological polar surface area (TPSA) is 80.1 Å². The number of carbonyl (C=O) groups is 1. The van der Waals surface area contributed by atoms with E-state index in [4.69, 9.17) is 10.5 Å². The van der Waals surface area contributed by atoms with Crippen LogP contribution in [0, 0.1) is 0 Å². The lowest BCUT2D eigenvalue weighted by atomic mass is 10.2. The largest absolute Gasteiger partial charge is 0.449 e. The SMILES string of the molecule is Nc1ccc2c(c1)NC(=O)/C(=C/c1ccc[nH]1)O2. The lowest BCUT2D eigenvalue weighted by Gasteiger charge is -2.19. The fourth-order valence-electron chi connectivity index (χ4n) is 1.75. The summed E-state index contributed by atoms with van der Waals surface area (Å²) in [6, 6.07) is 8.82. The maximum atomic E-state index is 11.8. The highest BCUT2D eigenvalue weighted by Crippen LogP contribution is 2.32. The summed E-state index contributed by atoms with van der Waals surface area (Å²) in [6.07, 6.45) is 3.43. The van der Waals surface area contributed by atoms with Gasteiger partial charge in [0.15, 0.2) is 11.5 Å². The van der Waals surface area contributed by atoms with Crippen molar-refractivity contribution >= 4 is 23.4 Å². The number of aromatic nitrogens is 1. The molecule has 90 valence electrons. The van der Waals surface area contributed by atoms with E-state index in [0.29, 0.717) is 17.1 Å². The third-order valence-electron chi connectivity index (χ3n) is 2.60.